The lowest BCUT2D eigenvalue weighted by molar-refractivity contribution is 0.0920. The van der Waals surface area contributed by atoms with Crippen LogP contribution in [0.2, 0.25) is 0 Å². The molecule has 0 saturated carbocycles. The molecular formula is C20H33N5O2. The van der Waals surface area contributed by atoms with Gasteiger partial charge in [-0.25, -0.2) is 9.97 Å². The largest absolute Gasteiger partial charge is 0.378 e. The molecule has 2 fully saturated rings. The van der Waals surface area contributed by atoms with E-state index in [4.69, 9.17) is 4.74 Å². The number of aryl methyl sites for hydroxylation is 1. The minimum absolute atomic E-state index is 0.0537. The van der Waals surface area contributed by atoms with Crippen molar-refractivity contribution < 1.29 is 9.53 Å². The van der Waals surface area contributed by atoms with Gasteiger partial charge in [0.1, 0.15) is 0 Å². The Morgan fingerprint density at radius 3 is 2.81 bits per heavy atom. The fourth-order valence-electron chi connectivity index (χ4n) is 3.85. The van der Waals surface area contributed by atoms with Gasteiger partial charge in [-0.05, 0) is 45.6 Å². The predicted octanol–water partition coefficient (Wildman–Crippen LogP) is 1.73. The molecule has 0 unspecified atom stereocenters. The number of rotatable bonds is 6. The van der Waals surface area contributed by atoms with E-state index in [0.29, 0.717) is 43.1 Å². The molecule has 0 aliphatic carbocycles. The van der Waals surface area contributed by atoms with E-state index in [9.17, 15) is 4.79 Å². The number of morpholine rings is 1. The molecular weight excluding hydrogens is 342 g/mol. The molecule has 0 radical (unpaired) electrons. The summed E-state index contributed by atoms with van der Waals surface area (Å²) >= 11 is 0. The van der Waals surface area contributed by atoms with Crippen molar-refractivity contribution in [2.24, 2.45) is 5.92 Å². The first-order valence-electron chi connectivity index (χ1n) is 10.3. The number of ether oxygens (including phenoxy) is 1. The number of aromatic nitrogens is 2. The number of amides is 1. The average molecular weight is 376 g/mol. The van der Waals surface area contributed by atoms with Crippen LogP contribution in [0.3, 0.4) is 0 Å². The normalized spacial score (nSPS) is 21.5. The molecule has 1 amide bonds. The van der Waals surface area contributed by atoms with Gasteiger partial charge in [-0.3, -0.25) is 4.79 Å². The van der Waals surface area contributed by atoms with Crippen LogP contribution in [-0.2, 0) is 11.2 Å². The topological polar surface area (TPSA) is 70.6 Å². The molecule has 1 atom stereocenters. The van der Waals surface area contributed by atoms with Crippen molar-refractivity contribution in [3.8, 4) is 0 Å². The van der Waals surface area contributed by atoms with E-state index >= 15 is 0 Å². The molecule has 7 nitrogen and oxygen atoms in total. The summed E-state index contributed by atoms with van der Waals surface area (Å²) in [7, 11) is 0. The minimum atomic E-state index is -0.0537. The highest BCUT2D eigenvalue weighted by atomic mass is 16.5. The van der Waals surface area contributed by atoms with Gasteiger partial charge in [-0.1, -0.05) is 6.92 Å². The molecule has 1 aromatic heterocycles. The van der Waals surface area contributed by atoms with Gasteiger partial charge in [0, 0.05) is 38.4 Å². The van der Waals surface area contributed by atoms with Gasteiger partial charge in [-0.15, -0.1) is 0 Å². The third kappa shape index (κ3) is 5.17. The quantitative estimate of drug-likeness (QED) is 0.816. The molecule has 7 heteroatoms. The van der Waals surface area contributed by atoms with Crippen molar-refractivity contribution in [3.05, 3.63) is 17.5 Å². The Balaban J connectivity index is 1.60. The predicted molar refractivity (Wildman–Crippen MR) is 106 cm³/mol. The molecule has 1 N–H and O–H groups in total. The third-order valence-electron chi connectivity index (χ3n) is 5.56. The van der Waals surface area contributed by atoms with Gasteiger partial charge in [0.2, 0.25) is 5.95 Å². The van der Waals surface area contributed by atoms with Crippen LogP contribution < -0.4 is 10.2 Å². The zero-order valence-corrected chi connectivity index (χ0v) is 16.9. The van der Waals surface area contributed by atoms with E-state index in [2.05, 4.69) is 38.9 Å². The average Bonchev–Trinajstić information content (AvgIpc) is 2.72. The third-order valence-corrected chi connectivity index (χ3v) is 5.56. The molecule has 0 bridgehead atoms. The molecule has 2 aliphatic heterocycles. The van der Waals surface area contributed by atoms with Gasteiger partial charge in [-0.2, -0.15) is 0 Å². The minimum Gasteiger partial charge on any atom is -0.378 e. The highest BCUT2D eigenvalue weighted by molar-refractivity contribution is 5.95. The molecule has 150 valence electrons. The zero-order chi connectivity index (χ0) is 19.2. The van der Waals surface area contributed by atoms with Crippen LogP contribution in [0.1, 0.15) is 49.7 Å². The van der Waals surface area contributed by atoms with E-state index in [1.807, 2.05) is 6.92 Å². The summed E-state index contributed by atoms with van der Waals surface area (Å²) < 4.78 is 5.39. The maximum atomic E-state index is 12.7. The number of piperidine rings is 1. The van der Waals surface area contributed by atoms with Gasteiger partial charge in [0.25, 0.3) is 5.91 Å². The van der Waals surface area contributed by atoms with Gasteiger partial charge in [0.05, 0.1) is 24.5 Å². The first-order chi connectivity index (χ1) is 13.1. The standard InChI is InChI=1S/C20H33N5O2/c1-4-18-17(13-22-20(23-18)24-8-10-27-11-9-24)19(26)21-12-16-6-5-7-25(14-16)15(2)3/h13,15-16H,4-12,14H2,1-3H3,(H,21,26)/t16-/m1/s1. The monoisotopic (exact) mass is 375 g/mol. The summed E-state index contributed by atoms with van der Waals surface area (Å²) in [6.45, 7) is 12.4. The van der Waals surface area contributed by atoms with E-state index < -0.39 is 0 Å². The van der Waals surface area contributed by atoms with Crippen LogP contribution in [0.4, 0.5) is 5.95 Å². The lowest BCUT2D eigenvalue weighted by atomic mass is 9.97. The second kappa shape index (κ2) is 9.46. The summed E-state index contributed by atoms with van der Waals surface area (Å²) in [5, 5.41) is 3.12. The van der Waals surface area contributed by atoms with Crippen molar-refractivity contribution in [1.29, 1.82) is 0 Å². The lowest BCUT2D eigenvalue weighted by Crippen LogP contribution is -2.43. The number of nitrogens with zero attached hydrogens (tertiary/aromatic N) is 4. The molecule has 1 aromatic rings. The number of anilines is 1. The summed E-state index contributed by atoms with van der Waals surface area (Å²) in [6.07, 6.45) is 4.79. The number of nitrogens with one attached hydrogen (secondary N) is 1. The highest BCUT2D eigenvalue weighted by Gasteiger charge is 2.23. The maximum absolute atomic E-state index is 12.7. The van der Waals surface area contributed by atoms with E-state index in [1.165, 1.54) is 19.4 Å². The summed E-state index contributed by atoms with van der Waals surface area (Å²) in [5.41, 5.74) is 1.42. The molecule has 3 heterocycles. The Labute approximate surface area is 162 Å². The molecule has 27 heavy (non-hydrogen) atoms. The summed E-state index contributed by atoms with van der Waals surface area (Å²) in [4.78, 5) is 26.5. The van der Waals surface area contributed by atoms with Crippen molar-refractivity contribution in [2.75, 3.05) is 50.8 Å². The Kier molecular flexibility index (Phi) is 7.01. The van der Waals surface area contributed by atoms with Crippen molar-refractivity contribution in [1.82, 2.24) is 20.2 Å². The van der Waals surface area contributed by atoms with Crippen molar-refractivity contribution in [3.63, 3.8) is 0 Å². The van der Waals surface area contributed by atoms with Crippen molar-refractivity contribution >= 4 is 11.9 Å². The molecule has 0 spiro atoms. The van der Waals surface area contributed by atoms with Gasteiger partial charge in [0.15, 0.2) is 0 Å². The molecule has 0 aromatic carbocycles. The zero-order valence-electron chi connectivity index (χ0n) is 16.9. The molecule has 2 aliphatic rings. The lowest BCUT2D eigenvalue weighted by Gasteiger charge is -2.35. The van der Waals surface area contributed by atoms with E-state index in [0.717, 1.165) is 31.9 Å². The Morgan fingerprint density at radius 2 is 2.11 bits per heavy atom. The Bertz CT molecular complexity index is 631. The molecule has 2 saturated heterocycles. The Hall–Kier alpha value is -1.73. The molecule has 3 rings (SSSR count). The number of hydrogen-bond acceptors (Lipinski definition) is 6. The van der Waals surface area contributed by atoms with Gasteiger partial charge >= 0.3 is 0 Å². The Morgan fingerprint density at radius 1 is 1.33 bits per heavy atom. The van der Waals surface area contributed by atoms with Crippen LogP contribution >= 0.6 is 0 Å². The van der Waals surface area contributed by atoms with Crippen LogP contribution in [0.5, 0.6) is 0 Å². The van der Waals surface area contributed by atoms with E-state index in [1.54, 1.807) is 6.20 Å². The number of carbonyl (C=O) groups is 1. The smallest absolute Gasteiger partial charge is 0.254 e. The van der Waals surface area contributed by atoms with Gasteiger partial charge < -0.3 is 19.9 Å². The number of likely N-dealkylation sites (tertiary alicyclic amines) is 1. The highest BCUT2D eigenvalue weighted by Crippen LogP contribution is 2.18. The van der Waals surface area contributed by atoms with Crippen LogP contribution in [-0.4, -0.2) is 72.8 Å². The maximum Gasteiger partial charge on any atom is 0.254 e. The first kappa shape index (κ1) is 20.0. The number of carbonyl (C=O) groups excluding carboxylic acids is 1. The second-order valence-corrected chi connectivity index (χ2v) is 7.79. The SMILES string of the molecule is CCc1nc(N2CCOCC2)ncc1C(=O)NC[C@H]1CCCN(C(C)C)C1. The summed E-state index contributed by atoms with van der Waals surface area (Å²) in [6, 6.07) is 0.566. The van der Waals surface area contributed by atoms with Crippen LogP contribution in [0, 0.1) is 5.92 Å². The van der Waals surface area contributed by atoms with Crippen LogP contribution in [0.15, 0.2) is 6.20 Å². The van der Waals surface area contributed by atoms with E-state index in [-0.39, 0.29) is 5.91 Å². The fraction of sp³-hybridized carbons (Fsp3) is 0.750. The van der Waals surface area contributed by atoms with Crippen LogP contribution in [0.25, 0.3) is 0 Å². The first-order valence-corrected chi connectivity index (χ1v) is 10.3. The van der Waals surface area contributed by atoms with Crippen molar-refractivity contribution in [2.45, 2.75) is 46.1 Å². The second-order valence-electron chi connectivity index (χ2n) is 7.79. The fourth-order valence-corrected chi connectivity index (χ4v) is 3.85. The number of hydrogen-bond donors (Lipinski definition) is 1. The summed E-state index contributed by atoms with van der Waals surface area (Å²) in [5.74, 6) is 1.16.